The van der Waals surface area contributed by atoms with E-state index < -0.39 is 6.10 Å². The van der Waals surface area contributed by atoms with Gasteiger partial charge >= 0.3 is 0 Å². The van der Waals surface area contributed by atoms with Gasteiger partial charge in [-0.15, -0.1) is 0 Å². The summed E-state index contributed by atoms with van der Waals surface area (Å²) in [5, 5.41) is 5.96. The van der Waals surface area contributed by atoms with Gasteiger partial charge in [0.1, 0.15) is 5.75 Å². The van der Waals surface area contributed by atoms with Crippen LogP contribution in [0.2, 0.25) is 0 Å². The van der Waals surface area contributed by atoms with Gasteiger partial charge in [0.2, 0.25) is 0 Å². The summed E-state index contributed by atoms with van der Waals surface area (Å²) in [5.74, 6) is 0.651. The third-order valence-electron chi connectivity index (χ3n) is 5.60. The average molecular weight is 409 g/mol. The van der Waals surface area contributed by atoms with Crippen molar-refractivity contribution in [2.75, 3.05) is 5.32 Å². The van der Waals surface area contributed by atoms with Crippen molar-refractivity contribution in [3.8, 4) is 5.75 Å². The van der Waals surface area contributed by atoms with Crippen molar-refractivity contribution in [3.63, 3.8) is 0 Å². The lowest BCUT2D eigenvalue weighted by atomic mass is 9.95. The maximum Gasteiger partial charge on any atom is 0.265 e. The van der Waals surface area contributed by atoms with Crippen molar-refractivity contribution in [3.05, 3.63) is 59.7 Å². The second-order valence-electron chi connectivity index (χ2n) is 8.33. The zero-order valence-electron chi connectivity index (χ0n) is 18.1. The Balaban J connectivity index is 1.62. The number of nitrogens with one attached hydrogen (secondary N) is 2. The van der Waals surface area contributed by atoms with Crippen molar-refractivity contribution < 1.29 is 14.3 Å². The average Bonchev–Trinajstić information content (AvgIpc) is 2.75. The number of benzene rings is 2. The first-order valence-electron chi connectivity index (χ1n) is 10.9. The van der Waals surface area contributed by atoms with Crippen LogP contribution in [0.3, 0.4) is 0 Å². The summed E-state index contributed by atoms with van der Waals surface area (Å²) in [4.78, 5) is 25.5. The summed E-state index contributed by atoms with van der Waals surface area (Å²) >= 11 is 0. The number of amides is 2. The Hall–Kier alpha value is -2.82. The fourth-order valence-electron chi connectivity index (χ4n) is 3.72. The number of carbonyl (C=O) groups excluding carboxylic acids is 2. The number of carbonyl (C=O) groups is 2. The maximum absolute atomic E-state index is 12.8. The van der Waals surface area contributed by atoms with E-state index in [1.54, 1.807) is 19.1 Å². The molecule has 0 spiro atoms. The second kappa shape index (κ2) is 10.3. The summed E-state index contributed by atoms with van der Waals surface area (Å²) in [6, 6.07) is 15.1. The molecule has 1 aliphatic rings. The molecule has 2 aromatic carbocycles. The van der Waals surface area contributed by atoms with Crippen LogP contribution in [-0.2, 0) is 4.79 Å². The SMILES string of the molecule is CC(C)c1ccc(O[C@H](C)C(=O)Nc2ccccc2C(=O)NC2CCCCC2)cc1. The van der Waals surface area contributed by atoms with Gasteiger partial charge in [-0.2, -0.15) is 0 Å². The van der Waals surface area contributed by atoms with E-state index >= 15 is 0 Å². The fourth-order valence-corrected chi connectivity index (χ4v) is 3.72. The molecule has 2 aromatic rings. The van der Waals surface area contributed by atoms with Crippen molar-refractivity contribution in [2.24, 2.45) is 0 Å². The number of hydrogen-bond acceptors (Lipinski definition) is 3. The lowest BCUT2D eigenvalue weighted by Crippen LogP contribution is -2.37. The molecule has 0 bridgehead atoms. The van der Waals surface area contributed by atoms with Crippen molar-refractivity contribution in [1.82, 2.24) is 5.32 Å². The van der Waals surface area contributed by atoms with Crippen LogP contribution in [0.25, 0.3) is 0 Å². The largest absolute Gasteiger partial charge is 0.481 e. The van der Waals surface area contributed by atoms with Crippen LogP contribution < -0.4 is 15.4 Å². The van der Waals surface area contributed by atoms with Crippen molar-refractivity contribution in [1.29, 1.82) is 0 Å². The van der Waals surface area contributed by atoms with Gasteiger partial charge in [0.15, 0.2) is 6.10 Å². The Morgan fingerprint density at radius 2 is 1.60 bits per heavy atom. The Bertz CT molecular complexity index is 855. The molecule has 1 fully saturated rings. The van der Waals surface area contributed by atoms with Crippen LogP contribution >= 0.6 is 0 Å². The molecule has 5 heteroatoms. The minimum atomic E-state index is -0.690. The van der Waals surface area contributed by atoms with E-state index in [1.165, 1.54) is 12.0 Å². The third kappa shape index (κ3) is 5.85. The second-order valence-corrected chi connectivity index (χ2v) is 8.33. The summed E-state index contributed by atoms with van der Waals surface area (Å²) in [6.07, 6.45) is 4.87. The standard InChI is InChI=1S/C25H32N2O3/c1-17(2)19-13-15-21(16-14-19)30-18(3)24(28)27-23-12-8-7-11-22(23)25(29)26-20-9-5-4-6-10-20/h7-8,11-18,20H,4-6,9-10H2,1-3H3,(H,26,29)(H,27,28)/t18-/m1/s1. The molecule has 3 rings (SSSR count). The van der Waals surface area contributed by atoms with Crippen LogP contribution in [0.5, 0.6) is 5.75 Å². The number of ether oxygens (including phenoxy) is 1. The molecule has 5 nitrogen and oxygen atoms in total. The van der Waals surface area contributed by atoms with E-state index in [9.17, 15) is 9.59 Å². The van der Waals surface area contributed by atoms with Crippen LogP contribution in [-0.4, -0.2) is 24.0 Å². The molecule has 0 aliphatic heterocycles. The monoisotopic (exact) mass is 408 g/mol. The predicted octanol–water partition coefficient (Wildman–Crippen LogP) is 5.28. The van der Waals surface area contributed by atoms with E-state index in [0.717, 1.165) is 25.7 Å². The van der Waals surface area contributed by atoms with Gasteiger partial charge in [-0.1, -0.05) is 57.4 Å². The zero-order valence-corrected chi connectivity index (χ0v) is 18.1. The Kier molecular flexibility index (Phi) is 7.50. The normalized spacial score (nSPS) is 15.5. The summed E-state index contributed by atoms with van der Waals surface area (Å²) < 4.78 is 5.79. The smallest absolute Gasteiger partial charge is 0.265 e. The van der Waals surface area contributed by atoms with Gasteiger partial charge in [-0.05, 0) is 55.5 Å². The maximum atomic E-state index is 12.8. The van der Waals surface area contributed by atoms with Gasteiger partial charge in [0.25, 0.3) is 11.8 Å². The highest BCUT2D eigenvalue weighted by Gasteiger charge is 2.21. The molecule has 2 amide bonds. The van der Waals surface area contributed by atoms with Crippen LogP contribution in [0, 0.1) is 0 Å². The lowest BCUT2D eigenvalue weighted by molar-refractivity contribution is -0.122. The van der Waals surface area contributed by atoms with Crippen molar-refractivity contribution >= 4 is 17.5 Å². The van der Waals surface area contributed by atoms with E-state index in [2.05, 4.69) is 24.5 Å². The molecule has 0 saturated heterocycles. The van der Waals surface area contributed by atoms with Gasteiger partial charge in [-0.25, -0.2) is 0 Å². The highest BCUT2D eigenvalue weighted by molar-refractivity contribution is 6.04. The third-order valence-corrected chi connectivity index (χ3v) is 5.60. The highest BCUT2D eigenvalue weighted by atomic mass is 16.5. The van der Waals surface area contributed by atoms with Crippen LogP contribution in [0.1, 0.15) is 74.7 Å². The highest BCUT2D eigenvalue weighted by Crippen LogP contribution is 2.22. The predicted molar refractivity (Wildman–Crippen MR) is 120 cm³/mol. The van der Waals surface area contributed by atoms with Gasteiger partial charge in [-0.3, -0.25) is 9.59 Å². The number of rotatable bonds is 7. The summed E-state index contributed by atoms with van der Waals surface area (Å²) in [6.45, 7) is 5.97. The first-order valence-corrected chi connectivity index (χ1v) is 10.9. The van der Waals surface area contributed by atoms with E-state index in [0.29, 0.717) is 22.9 Å². The molecule has 1 saturated carbocycles. The van der Waals surface area contributed by atoms with Gasteiger partial charge in [0, 0.05) is 6.04 Å². The Morgan fingerprint density at radius 1 is 0.933 bits per heavy atom. The van der Waals surface area contributed by atoms with Gasteiger partial charge < -0.3 is 15.4 Å². The lowest BCUT2D eigenvalue weighted by Gasteiger charge is -2.23. The summed E-state index contributed by atoms with van der Waals surface area (Å²) in [5.41, 5.74) is 2.20. The molecular weight excluding hydrogens is 376 g/mol. The molecule has 0 unspecified atom stereocenters. The molecule has 2 N–H and O–H groups in total. The fraction of sp³-hybridized carbons (Fsp3) is 0.440. The first-order chi connectivity index (χ1) is 14.4. The molecule has 0 aromatic heterocycles. The van der Waals surface area contributed by atoms with Crippen LogP contribution in [0.15, 0.2) is 48.5 Å². The van der Waals surface area contributed by atoms with E-state index in [1.807, 2.05) is 36.4 Å². The molecular formula is C25H32N2O3. The zero-order chi connectivity index (χ0) is 21.5. The van der Waals surface area contributed by atoms with E-state index in [-0.39, 0.29) is 17.9 Å². The van der Waals surface area contributed by atoms with Gasteiger partial charge in [0.05, 0.1) is 11.3 Å². The molecule has 1 atom stereocenters. The minimum Gasteiger partial charge on any atom is -0.481 e. The molecule has 30 heavy (non-hydrogen) atoms. The Morgan fingerprint density at radius 3 is 2.27 bits per heavy atom. The first kappa shape index (κ1) is 21.9. The topological polar surface area (TPSA) is 67.4 Å². The minimum absolute atomic E-state index is 0.143. The van der Waals surface area contributed by atoms with Crippen LogP contribution in [0.4, 0.5) is 5.69 Å². The number of para-hydroxylation sites is 1. The Labute approximate surface area is 179 Å². The van der Waals surface area contributed by atoms with Crippen molar-refractivity contribution in [2.45, 2.75) is 70.9 Å². The molecule has 0 radical (unpaired) electrons. The molecule has 160 valence electrons. The quantitative estimate of drug-likeness (QED) is 0.655. The summed E-state index contributed by atoms with van der Waals surface area (Å²) in [7, 11) is 0. The number of hydrogen-bond donors (Lipinski definition) is 2. The molecule has 0 heterocycles. The van der Waals surface area contributed by atoms with E-state index in [4.69, 9.17) is 4.74 Å². The number of anilines is 1. The molecule has 1 aliphatic carbocycles.